The molecule has 0 aromatic rings. The highest BCUT2D eigenvalue weighted by Gasteiger charge is 2.21. The smallest absolute Gasteiger partial charge is 0.0109 e. The molecule has 2 aliphatic rings. The lowest BCUT2D eigenvalue weighted by Crippen LogP contribution is -2.44. The molecule has 2 N–H and O–H groups in total. The molecule has 3 heteroatoms. The van der Waals surface area contributed by atoms with Gasteiger partial charge in [-0.1, -0.05) is 13.3 Å². The van der Waals surface area contributed by atoms with Crippen LogP contribution in [0, 0.1) is 5.92 Å². The van der Waals surface area contributed by atoms with Gasteiger partial charge in [-0.05, 0) is 51.2 Å². The average Bonchev–Trinajstić information content (AvgIpc) is 2.29. The van der Waals surface area contributed by atoms with Crippen LogP contribution in [-0.2, 0) is 0 Å². The third kappa shape index (κ3) is 4.23. The van der Waals surface area contributed by atoms with Gasteiger partial charge in [0.1, 0.15) is 0 Å². The molecule has 0 unspecified atom stereocenters. The van der Waals surface area contributed by atoms with Crippen LogP contribution >= 0.6 is 0 Å². The monoisotopic (exact) mass is 239 g/mol. The molecule has 0 spiro atoms. The molecule has 1 aliphatic carbocycles. The van der Waals surface area contributed by atoms with Crippen LogP contribution in [0.1, 0.15) is 39.0 Å². The van der Waals surface area contributed by atoms with E-state index in [1.54, 1.807) is 0 Å². The molecule has 3 nitrogen and oxygen atoms in total. The standard InChI is InChI=1S/C14H29N3/c1-2-16(12-13-4-3-5-13)10-11-17-8-6-14(15)7-9-17/h13-14H,2-12,15H2,1H3. The maximum atomic E-state index is 5.93. The number of hydrogen-bond acceptors (Lipinski definition) is 3. The topological polar surface area (TPSA) is 32.5 Å². The fourth-order valence-corrected chi connectivity index (χ4v) is 2.88. The lowest BCUT2D eigenvalue weighted by molar-refractivity contribution is 0.145. The molecule has 2 fully saturated rings. The first-order valence-electron chi connectivity index (χ1n) is 7.48. The summed E-state index contributed by atoms with van der Waals surface area (Å²) in [6, 6.07) is 0.462. The van der Waals surface area contributed by atoms with E-state index in [0.29, 0.717) is 6.04 Å². The Labute approximate surface area is 106 Å². The van der Waals surface area contributed by atoms with Crippen molar-refractivity contribution in [3.8, 4) is 0 Å². The summed E-state index contributed by atoms with van der Waals surface area (Å²) >= 11 is 0. The van der Waals surface area contributed by atoms with Crippen LogP contribution in [0.2, 0.25) is 0 Å². The summed E-state index contributed by atoms with van der Waals surface area (Å²) in [7, 11) is 0. The molecule has 1 heterocycles. The largest absolute Gasteiger partial charge is 0.328 e. The highest BCUT2D eigenvalue weighted by atomic mass is 15.2. The lowest BCUT2D eigenvalue weighted by Gasteiger charge is -2.35. The van der Waals surface area contributed by atoms with Crippen LogP contribution < -0.4 is 5.73 Å². The van der Waals surface area contributed by atoms with Gasteiger partial charge in [0.05, 0.1) is 0 Å². The van der Waals surface area contributed by atoms with Crippen molar-refractivity contribution in [1.29, 1.82) is 0 Å². The molecule has 2 rings (SSSR count). The molecule has 100 valence electrons. The predicted molar refractivity (Wildman–Crippen MR) is 73.1 cm³/mol. The van der Waals surface area contributed by atoms with Crippen LogP contribution in [0.5, 0.6) is 0 Å². The summed E-state index contributed by atoms with van der Waals surface area (Å²) in [5.74, 6) is 1.00. The summed E-state index contributed by atoms with van der Waals surface area (Å²) < 4.78 is 0. The summed E-state index contributed by atoms with van der Waals surface area (Å²) in [5.41, 5.74) is 5.93. The highest BCUT2D eigenvalue weighted by molar-refractivity contribution is 4.77. The number of nitrogens with two attached hydrogens (primary N) is 1. The molecular formula is C14H29N3. The molecule has 1 saturated carbocycles. The van der Waals surface area contributed by atoms with Crippen molar-refractivity contribution in [3.63, 3.8) is 0 Å². The predicted octanol–water partition coefficient (Wildman–Crippen LogP) is 1.53. The lowest BCUT2D eigenvalue weighted by atomic mass is 9.85. The Kier molecular flexibility index (Phi) is 5.26. The first-order valence-corrected chi connectivity index (χ1v) is 7.48. The van der Waals surface area contributed by atoms with Crippen LogP contribution in [0.4, 0.5) is 0 Å². The minimum Gasteiger partial charge on any atom is -0.328 e. The Morgan fingerprint density at radius 3 is 2.41 bits per heavy atom. The zero-order valence-corrected chi connectivity index (χ0v) is 11.4. The van der Waals surface area contributed by atoms with Gasteiger partial charge in [-0.15, -0.1) is 0 Å². The van der Waals surface area contributed by atoms with Gasteiger partial charge >= 0.3 is 0 Å². The third-order valence-corrected chi connectivity index (χ3v) is 4.55. The molecule has 0 atom stereocenters. The number of likely N-dealkylation sites (tertiary alicyclic amines) is 1. The van der Waals surface area contributed by atoms with Crippen LogP contribution in [0.25, 0.3) is 0 Å². The molecule has 17 heavy (non-hydrogen) atoms. The van der Waals surface area contributed by atoms with Crippen molar-refractivity contribution in [3.05, 3.63) is 0 Å². The van der Waals surface area contributed by atoms with Gasteiger partial charge in [0, 0.05) is 25.7 Å². The Hall–Kier alpha value is -0.120. The van der Waals surface area contributed by atoms with E-state index in [1.807, 2.05) is 0 Å². The number of rotatable bonds is 6. The molecule has 0 aromatic heterocycles. The van der Waals surface area contributed by atoms with Crippen LogP contribution in [0.15, 0.2) is 0 Å². The summed E-state index contributed by atoms with van der Waals surface area (Å²) in [4.78, 5) is 5.23. The van der Waals surface area contributed by atoms with E-state index in [-0.39, 0.29) is 0 Å². The molecule has 0 radical (unpaired) electrons. The van der Waals surface area contributed by atoms with Crippen molar-refractivity contribution >= 4 is 0 Å². The second kappa shape index (κ2) is 6.72. The van der Waals surface area contributed by atoms with Crippen molar-refractivity contribution in [2.75, 3.05) is 39.3 Å². The molecule has 0 amide bonds. The van der Waals surface area contributed by atoms with E-state index in [4.69, 9.17) is 5.73 Å². The van der Waals surface area contributed by atoms with E-state index in [2.05, 4.69) is 16.7 Å². The summed E-state index contributed by atoms with van der Waals surface area (Å²) in [6.07, 6.45) is 6.78. The number of piperidine rings is 1. The molecular weight excluding hydrogens is 210 g/mol. The van der Waals surface area contributed by atoms with E-state index in [9.17, 15) is 0 Å². The Morgan fingerprint density at radius 1 is 1.18 bits per heavy atom. The van der Waals surface area contributed by atoms with Gasteiger partial charge < -0.3 is 15.5 Å². The maximum Gasteiger partial charge on any atom is 0.0109 e. The normalized spacial score (nSPS) is 24.2. The van der Waals surface area contributed by atoms with Gasteiger partial charge in [0.25, 0.3) is 0 Å². The van der Waals surface area contributed by atoms with Crippen molar-refractivity contribution in [2.24, 2.45) is 11.7 Å². The average molecular weight is 239 g/mol. The Bertz CT molecular complexity index is 208. The summed E-state index contributed by atoms with van der Waals surface area (Å²) in [6.45, 7) is 9.76. The first kappa shape index (κ1) is 13.3. The van der Waals surface area contributed by atoms with E-state index in [1.165, 1.54) is 71.4 Å². The number of hydrogen-bond donors (Lipinski definition) is 1. The zero-order chi connectivity index (χ0) is 12.1. The SMILES string of the molecule is CCN(CCN1CCC(N)CC1)CC1CCC1. The fourth-order valence-electron chi connectivity index (χ4n) is 2.88. The highest BCUT2D eigenvalue weighted by Crippen LogP contribution is 2.26. The fraction of sp³-hybridized carbons (Fsp3) is 1.00. The minimum atomic E-state index is 0.462. The summed E-state index contributed by atoms with van der Waals surface area (Å²) in [5, 5.41) is 0. The number of nitrogens with zero attached hydrogens (tertiary/aromatic N) is 2. The number of likely N-dealkylation sites (N-methyl/N-ethyl adjacent to an activating group) is 1. The van der Waals surface area contributed by atoms with Crippen molar-refractivity contribution in [1.82, 2.24) is 9.80 Å². The van der Waals surface area contributed by atoms with Crippen molar-refractivity contribution < 1.29 is 0 Å². The van der Waals surface area contributed by atoms with Gasteiger partial charge in [-0.3, -0.25) is 0 Å². The van der Waals surface area contributed by atoms with E-state index < -0.39 is 0 Å². The van der Waals surface area contributed by atoms with Gasteiger partial charge in [-0.25, -0.2) is 0 Å². The first-order chi connectivity index (χ1) is 8.28. The third-order valence-electron chi connectivity index (χ3n) is 4.55. The van der Waals surface area contributed by atoms with E-state index >= 15 is 0 Å². The minimum absolute atomic E-state index is 0.462. The van der Waals surface area contributed by atoms with Gasteiger partial charge in [-0.2, -0.15) is 0 Å². The van der Waals surface area contributed by atoms with Gasteiger partial charge in [0.15, 0.2) is 0 Å². The van der Waals surface area contributed by atoms with Gasteiger partial charge in [0.2, 0.25) is 0 Å². The second-order valence-electron chi connectivity index (χ2n) is 5.87. The van der Waals surface area contributed by atoms with Crippen LogP contribution in [-0.4, -0.2) is 55.1 Å². The Balaban J connectivity index is 1.61. The second-order valence-corrected chi connectivity index (χ2v) is 5.87. The molecule has 0 bridgehead atoms. The van der Waals surface area contributed by atoms with Crippen molar-refractivity contribution in [2.45, 2.75) is 45.1 Å². The molecule has 1 aliphatic heterocycles. The zero-order valence-electron chi connectivity index (χ0n) is 11.4. The van der Waals surface area contributed by atoms with Crippen LogP contribution in [0.3, 0.4) is 0 Å². The Morgan fingerprint density at radius 2 is 1.88 bits per heavy atom. The molecule has 1 saturated heterocycles. The maximum absolute atomic E-state index is 5.93. The van der Waals surface area contributed by atoms with E-state index in [0.717, 1.165) is 5.92 Å². The quantitative estimate of drug-likeness (QED) is 0.763. The molecule has 0 aromatic carbocycles.